The van der Waals surface area contributed by atoms with E-state index in [9.17, 15) is 0 Å². The lowest BCUT2D eigenvalue weighted by Gasteiger charge is -2.18. The Bertz CT molecular complexity index is 178. The van der Waals surface area contributed by atoms with Crippen LogP contribution < -0.4 is 0 Å². The summed E-state index contributed by atoms with van der Waals surface area (Å²) in [7, 11) is 0. The summed E-state index contributed by atoms with van der Waals surface area (Å²) >= 11 is 0. The van der Waals surface area contributed by atoms with Crippen molar-refractivity contribution in [1.82, 2.24) is 0 Å². The molecule has 0 fully saturated rings. The van der Waals surface area contributed by atoms with E-state index in [1.165, 1.54) is 44.9 Å². The smallest absolute Gasteiger partial charge is 0.0323 e. The van der Waals surface area contributed by atoms with Crippen molar-refractivity contribution >= 4 is 0 Å². The first kappa shape index (κ1) is 11.8. The van der Waals surface area contributed by atoms with E-state index >= 15 is 0 Å². The molecule has 0 aromatic heterocycles. The van der Waals surface area contributed by atoms with Crippen LogP contribution in [0.4, 0.5) is 0 Å². The van der Waals surface area contributed by atoms with Crippen LogP contribution in [-0.4, -0.2) is 0 Å². The van der Waals surface area contributed by atoms with Crippen molar-refractivity contribution in [3.8, 4) is 0 Å². The quantitative estimate of drug-likeness (QED) is 0.479. The topological polar surface area (TPSA) is 0 Å². The van der Waals surface area contributed by atoms with Crippen LogP contribution in [0.5, 0.6) is 0 Å². The van der Waals surface area contributed by atoms with Crippen LogP contribution in [-0.2, 0) is 0 Å². The Balaban J connectivity index is 2.44. The van der Waals surface area contributed by atoms with Crippen molar-refractivity contribution < 1.29 is 0 Å². The maximum Gasteiger partial charge on any atom is -0.0323 e. The molecule has 82 valence electrons. The summed E-state index contributed by atoms with van der Waals surface area (Å²) in [6.45, 7) is 7.15. The van der Waals surface area contributed by atoms with Gasteiger partial charge in [0.2, 0.25) is 0 Å². The van der Waals surface area contributed by atoms with Gasteiger partial charge in [-0.15, -0.1) is 0 Å². The average Bonchev–Trinajstić information content (AvgIpc) is 2.18. The van der Waals surface area contributed by atoms with Crippen LogP contribution in [0.2, 0.25) is 0 Å². The third-order valence-electron chi connectivity index (χ3n) is 3.82. The van der Waals surface area contributed by atoms with Crippen LogP contribution in [0.15, 0.2) is 11.6 Å². The molecule has 0 heterocycles. The highest BCUT2D eigenvalue weighted by molar-refractivity contribution is 4.97. The molecule has 0 nitrogen and oxygen atoms in total. The van der Waals surface area contributed by atoms with E-state index in [4.69, 9.17) is 0 Å². The minimum atomic E-state index is 0.914. The molecular formula is C14H26. The van der Waals surface area contributed by atoms with Crippen molar-refractivity contribution in [2.24, 2.45) is 11.8 Å². The van der Waals surface area contributed by atoms with Gasteiger partial charge in [0.25, 0.3) is 0 Å². The van der Waals surface area contributed by atoms with Crippen molar-refractivity contribution in [2.75, 3.05) is 0 Å². The molecule has 0 aromatic rings. The summed E-state index contributed by atoms with van der Waals surface area (Å²) in [4.78, 5) is 0. The fourth-order valence-corrected chi connectivity index (χ4v) is 2.31. The lowest BCUT2D eigenvalue weighted by molar-refractivity contribution is 0.336. The lowest BCUT2D eigenvalue weighted by Crippen LogP contribution is -2.07. The zero-order valence-electron chi connectivity index (χ0n) is 10.2. The first-order valence-corrected chi connectivity index (χ1v) is 6.36. The Morgan fingerprint density at radius 3 is 2.50 bits per heavy atom. The lowest BCUT2D eigenvalue weighted by atomic mass is 9.88. The third kappa shape index (κ3) is 4.30. The summed E-state index contributed by atoms with van der Waals surface area (Å²) < 4.78 is 0. The van der Waals surface area contributed by atoms with Gasteiger partial charge in [0.05, 0.1) is 0 Å². The van der Waals surface area contributed by atoms with Crippen molar-refractivity contribution in [3.05, 3.63) is 11.6 Å². The summed E-state index contributed by atoms with van der Waals surface area (Å²) in [5, 5.41) is 0. The van der Waals surface area contributed by atoms with Gasteiger partial charge in [0.1, 0.15) is 0 Å². The monoisotopic (exact) mass is 194 g/mol. The fraction of sp³-hybridized carbons (Fsp3) is 0.857. The Hall–Kier alpha value is -0.260. The molecule has 0 radical (unpaired) electrons. The van der Waals surface area contributed by atoms with Gasteiger partial charge in [0.15, 0.2) is 0 Å². The predicted molar refractivity (Wildman–Crippen MR) is 64.4 cm³/mol. The molecule has 0 N–H and O–H groups in total. The summed E-state index contributed by atoms with van der Waals surface area (Å²) in [6, 6.07) is 0. The second-order valence-corrected chi connectivity index (χ2v) is 5.18. The van der Waals surface area contributed by atoms with Crippen LogP contribution >= 0.6 is 0 Å². The Labute approximate surface area is 89.8 Å². The molecule has 0 bridgehead atoms. The molecule has 1 aliphatic carbocycles. The zero-order valence-corrected chi connectivity index (χ0v) is 10.2. The average molecular weight is 194 g/mol. The summed E-state index contributed by atoms with van der Waals surface area (Å²) in [6.07, 6.45) is 12.2. The number of allylic oxidation sites excluding steroid dienone is 2. The molecule has 0 amide bonds. The van der Waals surface area contributed by atoms with Crippen molar-refractivity contribution in [2.45, 2.75) is 65.7 Å². The number of hydrogen-bond donors (Lipinski definition) is 0. The maximum absolute atomic E-state index is 2.47. The largest absolute Gasteiger partial charge is 0.0856 e. The number of hydrogen-bond acceptors (Lipinski definition) is 0. The van der Waals surface area contributed by atoms with Crippen LogP contribution in [0.25, 0.3) is 0 Å². The number of rotatable bonds is 0. The molecule has 14 heavy (non-hydrogen) atoms. The second kappa shape index (κ2) is 6.27. The zero-order chi connectivity index (χ0) is 10.4. The molecular weight excluding hydrogens is 168 g/mol. The molecule has 0 saturated heterocycles. The first-order chi connectivity index (χ1) is 6.70. The van der Waals surface area contributed by atoms with Crippen LogP contribution in [0, 0.1) is 11.8 Å². The van der Waals surface area contributed by atoms with Crippen LogP contribution in [0.1, 0.15) is 65.7 Å². The normalized spacial score (nSPS) is 31.8. The third-order valence-corrected chi connectivity index (χ3v) is 3.82. The first-order valence-electron chi connectivity index (χ1n) is 6.36. The molecule has 2 atom stereocenters. The highest BCUT2D eigenvalue weighted by Crippen LogP contribution is 2.25. The van der Waals surface area contributed by atoms with Gasteiger partial charge < -0.3 is 0 Å². The molecule has 1 rings (SSSR count). The minimum Gasteiger partial charge on any atom is -0.0856 e. The van der Waals surface area contributed by atoms with Gasteiger partial charge in [-0.05, 0) is 44.4 Å². The molecule has 0 saturated carbocycles. The standard InChI is InChI=1S/C14H26/c1-12-8-5-4-6-10-13(2)14(3)11-7-9-12/h9,13-14H,4-8,10-11H2,1-3H3. The maximum atomic E-state index is 2.47. The highest BCUT2D eigenvalue weighted by atomic mass is 14.2. The highest BCUT2D eigenvalue weighted by Gasteiger charge is 2.11. The predicted octanol–water partition coefficient (Wildman–Crippen LogP) is 4.95. The molecule has 2 unspecified atom stereocenters. The van der Waals surface area contributed by atoms with Gasteiger partial charge in [-0.1, -0.05) is 44.8 Å². The molecule has 0 spiro atoms. The SMILES string of the molecule is CC1=CCCC(C)C(C)CCCCC1. The Morgan fingerprint density at radius 1 is 1.00 bits per heavy atom. The van der Waals surface area contributed by atoms with Gasteiger partial charge in [-0.2, -0.15) is 0 Å². The van der Waals surface area contributed by atoms with E-state index in [1.807, 2.05) is 0 Å². The summed E-state index contributed by atoms with van der Waals surface area (Å²) in [5.41, 5.74) is 1.62. The van der Waals surface area contributed by atoms with E-state index in [1.54, 1.807) is 5.57 Å². The molecule has 0 aromatic carbocycles. The van der Waals surface area contributed by atoms with E-state index in [2.05, 4.69) is 26.8 Å². The van der Waals surface area contributed by atoms with E-state index < -0.39 is 0 Å². The summed E-state index contributed by atoms with van der Waals surface area (Å²) in [5.74, 6) is 1.85. The minimum absolute atomic E-state index is 0.914. The Morgan fingerprint density at radius 2 is 1.71 bits per heavy atom. The van der Waals surface area contributed by atoms with E-state index in [0.717, 1.165) is 11.8 Å². The van der Waals surface area contributed by atoms with Gasteiger partial charge in [-0.3, -0.25) is 0 Å². The molecule has 0 aliphatic heterocycles. The van der Waals surface area contributed by atoms with Crippen molar-refractivity contribution in [1.29, 1.82) is 0 Å². The van der Waals surface area contributed by atoms with Crippen LogP contribution in [0.3, 0.4) is 0 Å². The van der Waals surface area contributed by atoms with Gasteiger partial charge in [0, 0.05) is 0 Å². The van der Waals surface area contributed by atoms with Gasteiger partial charge >= 0.3 is 0 Å². The van der Waals surface area contributed by atoms with Crippen molar-refractivity contribution in [3.63, 3.8) is 0 Å². The van der Waals surface area contributed by atoms with E-state index in [0.29, 0.717) is 0 Å². The fourth-order valence-electron chi connectivity index (χ4n) is 2.31. The second-order valence-electron chi connectivity index (χ2n) is 5.18. The van der Waals surface area contributed by atoms with Gasteiger partial charge in [-0.25, -0.2) is 0 Å². The molecule has 1 aliphatic rings. The molecule has 0 heteroatoms. The van der Waals surface area contributed by atoms with E-state index in [-0.39, 0.29) is 0 Å². The Kier molecular flexibility index (Phi) is 5.29.